The summed E-state index contributed by atoms with van der Waals surface area (Å²) in [5.41, 5.74) is 3.22. The lowest BCUT2D eigenvalue weighted by molar-refractivity contribution is -0.133. The number of hydrogen-bond donors (Lipinski definition) is 0. The number of halogens is 1. The number of aromatic nitrogens is 1. The fourth-order valence-electron chi connectivity index (χ4n) is 4.90. The summed E-state index contributed by atoms with van der Waals surface area (Å²) in [4.78, 5) is 31.2. The third-order valence-corrected chi connectivity index (χ3v) is 7.24. The summed E-state index contributed by atoms with van der Waals surface area (Å²) in [5, 5.41) is 0. The van der Waals surface area contributed by atoms with Crippen molar-refractivity contribution < 1.29 is 28.2 Å². The molecule has 0 N–H and O–H groups in total. The van der Waals surface area contributed by atoms with Gasteiger partial charge < -0.3 is 28.6 Å². The van der Waals surface area contributed by atoms with E-state index >= 15 is 0 Å². The third kappa shape index (κ3) is 9.18. The summed E-state index contributed by atoms with van der Waals surface area (Å²) in [6.45, 7) is 4.42. The summed E-state index contributed by atoms with van der Waals surface area (Å²) >= 11 is 0. The SMILES string of the molecule is CCOCCCN(CC(=O)N(Cc1ccccc1)Cc1cccn1Cc1ccc(F)cc1)C(=O)c1cc(OC)cc(OC)c1. The highest BCUT2D eigenvalue weighted by molar-refractivity contribution is 5.97. The van der Waals surface area contributed by atoms with Gasteiger partial charge in [-0.15, -0.1) is 0 Å². The molecule has 2 amide bonds. The average Bonchev–Trinajstić information content (AvgIpc) is 3.49. The molecule has 9 heteroatoms. The van der Waals surface area contributed by atoms with Crippen LogP contribution in [0.25, 0.3) is 0 Å². The van der Waals surface area contributed by atoms with E-state index in [1.54, 1.807) is 40.1 Å². The van der Waals surface area contributed by atoms with Gasteiger partial charge in [-0.3, -0.25) is 9.59 Å². The maximum Gasteiger partial charge on any atom is 0.254 e. The van der Waals surface area contributed by atoms with E-state index in [-0.39, 0.29) is 24.2 Å². The van der Waals surface area contributed by atoms with Gasteiger partial charge in [0.15, 0.2) is 0 Å². The summed E-state index contributed by atoms with van der Waals surface area (Å²) in [6, 6.07) is 25.1. The Morgan fingerprint density at radius 3 is 2.18 bits per heavy atom. The van der Waals surface area contributed by atoms with Crippen molar-refractivity contribution in [1.29, 1.82) is 0 Å². The van der Waals surface area contributed by atoms with Crippen molar-refractivity contribution in [3.63, 3.8) is 0 Å². The second-order valence-electron chi connectivity index (χ2n) is 10.4. The van der Waals surface area contributed by atoms with Crippen LogP contribution in [-0.2, 0) is 29.2 Å². The van der Waals surface area contributed by atoms with Crippen LogP contribution in [0.5, 0.6) is 11.5 Å². The number of carbonyl (C=O) groups excluding carboxylic acids is 2. The lowest BCUT2D eigenvalue weighted by Crippen LogP contribution is -2.43. The third-order valence-electron chi connectivity index (χ3n) is 7.24. The molecule has 0 aliphatic carbocycles. The van der Waals surface area contributed by atoms with Crippen molar-refractivity contribution in [1.82, 2.24) is 14.4 Å². The Labute approximate surface area is 258 Å². The number of rotatable bonds is 16. The lowest BCUT2D eigenvalue weighted by Gasteiger charge is -2.28. The van der Waals surface area contributed by atoms with Crippen molar-refractivity contribution in [2.75, 3.05) is 40.5 Å². The molecule has 3 aromatic carbocycles. The molecule has 8 nitrogen and oxygen atoms in total. The quantitative estimate of drug-likeness (QED) is 0.152. The van der Waals surface area contributed by atoms with Crippen LogP contribution >= 0.6 is 0 Å². The van der Waals surface area contributed by atoms with Gasteiger partial charge in [-0.25, -0.2) is 4.39 Å². The van der Waals surface area contributed by atoms with Gasteiger partial charge in [0.25, 0.3) is 5.91 Å². The van der Waals surface area contributed by atoms with Crippen LogP contribution in [0.15, 0.2) is 91.1 Å². The Kier molecular flexibility index (Phi) is 11.9. The molecule has 0 aliphatic rings. The Morgan fingerprint density at radius 2 is 1.52 bits per heavy atom. The molecule has 0 unspecified atom stereocenters. The largest absolute Gasteiger partial charge is 0.497 e. The molecule has 0 spiro atoms. The highest BCUT2D eigenvalue weighted by Gasteiger charge is 2.24. The first kappa shape index (κ1) is 32.3. The minimum absolute atomic E-state index is 0.115. The fourth-order valence-corrected chi connectivity index (χ4v) is 4.90. The van der Waals surface area contributed by atoms with Crippen LogP contribution in [0.4, 0.5) is 4.39 Å². The Hall–Kier alpha value is -4.63. The molecule has 0 saturated heterocycles. The molecule has 44 heavy (non-hydrogen) atoms. The second-order valence-corrected chi connectivity index (χ2v) is 10.4. The highest BCUT2D eigenvalue weighted by atomic mass is 19.1. The Balaban J connectivity index is 1.59. The zero-order chi connectivity index (χ0) is 31.3. The highest BCUT2D eigenvalue weighted by Crippen LogP contribution is 2.24. The van der Waals surface area contributed by atoms with Gasteiger partial charge in [-0.2, -0.15) is 0 Å². The van der Waals surface area contributed by atoms with Gasteiger partial charge in [0, 0.05) is 56.4 Å². The molecule has 4 rings (SSSR count). The van der Waals surface area contributed by atoms with Crippen LogP contribution in [0.2, 0.25) is 0 Å². The average molecular weight is 602 g/mol. The van der Waals surface area contributed by atoms with Gasteiger partial charge in [0.1, 0.15) is 23.9 Å². The van der Waals surface area contributed by atoms with E-state index in [1.165, 1.54) is 26.4 Å². The molecule has 1 aromatic heterocycles. The van der Waals surface area contributed by atoms with Crippen molar-refractivity contribution in [3.05, 3.63) is 119 Å². The number of nitrogens with zero attached hydrogens (tertiary/aromatic N) is 3. The molecule has 0 bridgehead atoms. The Bertz CT molecular complexity index is 1470. The minimum atomic E-state index is -0.300. The van der Waals surface area contributed by atoms with Gasteiger partial charge >= 0.3 is 0 Å². The summed E-state index contributed by atoms with van der Waals surface area (Å²) < 4.78 is 31.8. The van der Waals surface area contributed by atoms with Crippen LogP contribution < -0.4 is 9.47 Å². The van der Waals surface area contributed by atoms with Gasteiger partial charge in [-0.1, -0.05) is 42.5 Å². The van der Waals surface area contributed by atoms with Crippen molar-refractivity contribution >= 4 is 11.8 Å². The predicted octanol–water partition coefficient (Wildman–Crippen LogP) is 5.79. The van der Waals surface area contributed by atoms with Crippen LogP contribution in [0.3, 0.4) is 0 Å². The molecule has 0 saturated carbocycles. The molecule has 0 aliphatic heterocycles. The number of benzene rings is 3. The monoisotopic (exact) mass is 601 g/mol. The molecule has 1 heterocycles. The lowest BCUT2D eigenvalue weighted by atomic mass is 10.1. The molecular formula is C35H40FN3O5. The predicted molar refractivity (Wildman–Crippen MR) is 167 cm³/mol. The first-order chi connectivity index (χ1) is 21.4. The standard InChI is InChI=1S/C35H40FN3O5/c1-4-44-19-9-18-38(35(41)29-20-32(42-2)22-33(21-29)43-3)26-34(40)39(24-27-10-6-5-7-11-27)25-31-12-8-17-37(31)23-28-13-15-30(36)16-14-28/h5-8,10-17,20-22H,4,9,18-19,23-26H2,1-3H3. The summed E-state index contributed by atoms with van der Waals surface area (Å²) in [5.74, 6) is 0.199. The van der Waals surface area contributed by atoms with E-state index in [9.17, 15) is 14.0 Å². The number of ether oxygens (including phenoxy) is 3. The maximum atomic E-state index is 14.1. The number of amides is 2. The van der Waals surface area contributed by atoms with Crippen molar-refractivity contribution in [3.8, 4) is 11.5 Å². The molecule has 0 atom stereocenters. The van der Waals surface area contributed by atoms with E-state index in [1.807, 2.05) is 60.2 Å². The van der Waals surface area contributed by atoms with Crippen LogP contribution in [0, 0.1) is 5.82 Å². The summed E-state index contributed by atoms with van der Waals surface area (Å²) in [7, 11) is 3.06. The van der Waals surface area contributed by atoms with Crippen LogP contribution in [-0.4, -0.2) is 66.7 Å². The van der Waals surface area contributed by atoms with Gasteiger partial charge in [0.2, 0.25) is 5.91 Å². The number of carbonyl (C=O) groups is 2. The topological polar surface area (TPSA) is 73.2 Å². The molecular weight excluding hydrogens is 561 g/mol. The second kappa shape index (κ2) is 16.3. The zero-order valence-electron chi connectivity index (χ0n) is 25.6. The molecule has 0 radical (unpaired) electrons. The fraction of sp³-hybridized carbons (Fsp3) is 0.314. The van der Waals surface area contributed by atoms with E-state index in [2.05, 4.69) is 0 Å². The van der Waals surface area contributed by atoms with E-state index in [0.717, 1.165) is 16.8 Å². The number of hydrogen-bond acceptors (Lipinski definition) is 5. The van der Waals surface area contributed by atoms with E-state index in [0.29, 0.717) is 62.9 Å². The first-order valence-electron chi connectivity index (χ1n) is 14.7. The minimum Gasteiger partial charge on any atom is -0.497 e. The molecule has 0 fully saturated rings. The maximum absolute atomic E-state index is 14.1. The van der Waals surface area contributed by atoms with Gasteiger partial charge in [-0.05, 0) is 60.9 Å². The Morgan fingerprint density at radius 1 is 0.818 bits per heavy atom. The smallest absolute Gasteiger partial charge is 0.254 e. The zero-order valence-corrected chi connectivity index (χ0v) is 25.6. The van der Waals surface area contributed by atoms with Crippen molar-refractivity contribution in [2.45, 2.75) is 33.0 Å². The van der Waals surface area contributed by atoms with Crippen LogP contribution in [0.1, 0.15) is 40.5 Å². The van der Waals surface area contributed by atoms with Gasteiger partial charge in [0.05, 0.1) is 20.8 Å². The van der Waals surface area contributed by atoms with E-state index < -0.39 is 0 Å². The van der Waals surface area contributed by atoms with E-state index in [4.69, 9.17) is 14.2 Å². The molecule has 232 valence electrons. The van der Waals surface area contributed by atoms with Crippen molar-refractivity contribution in [2.24, 2.45) is 0 Å². The number of methoxy groups -OCH3 is 2. The summed E-state index contributed by atoms with van der Waals surface area (Å²) in [6.07, 6.45) is 2.52. The molecule has 4 aromatic rings. The first-order valence-corrected chi connectivity index (χ1v) is 14.7. The normalized spacial score (nSPS) is 10.8.